The fraction of sp³-hybridized carbons (Fsp3) is 0.179. The van der Waals surface area contributed by atoms with Crippen LogP contribution in [0.3, 0.4) is 0 Å². The zero-order valence-corrected chi connectivity index (χ0v) is 19.9. The van der Waals surface area contributed by atoms with Gasteiger partial charge in [0.25, 0.3) is 5.89 Å². The van der Waals surface area contributed by atoms with Gasteiger partial charge in [-0.05, 0) is 37.1 Å². The van der Waals surface area contributed by atoms with Crippen LogP contribution in [0.5, 0.6) is 11.5 Å². The van der Waals surface area contributed by atoms with Crippen LogP contribution in [-0.4, -0.2) is 27.9 Å². The van der Waals surface area contributed by atoms with Gasteiger partial charge in [-0.3, -0.25) is 4.90 Å². The van der Waals surface area contributed by atoms with Gasteiger partial charge in [-0.2, -0.15) is 4.98 Å². The number of nitrogens with one attached hydrogen (secondary N) is 1. The summed E-state index contributed by atoms with van der Waals surface area (Å²) in [6.07, 6.45) is 0. The Balaban J connectivity index is 1.41. The predicted molar refractivity (Wildman–Crippen MR) is 133 cm³/mol. The van der Waals surface area contributed by atoms with E-state index in [4.69, 9.17) is 19.0 Å². The van der Waals surface area contributed by atoms with Crippen molar-refractivity contribution < 1.29 is 18.8 Å². The number of amides is 2. The van der Waals surface area contributed by atoms with Gasteiger partial charge in [-0.25, -0.2) is 4.79 Å². The minimum absolute atomic E-state index is 0.200. The first kappa shape index (κ1) is 21.9. The van der Waals surface area contributed by atoms with Crippen molar-refractivity contribution in [2.75, 3.05) is 6.79 Å². The number of hydrogen-bond acceptors (Lipinski definition) is 6. The molecular formula is C28H24N4O4. The van der Waals surface area contributed by atoms with E-state index >= 15 is 0 Å². The van der Waals surface area contributed by atoms with Gasteiger partial charge in [0.2, 0.25) is 12.6 Å². The number of benzene rings is 3. The van der Waals surface area contributed by atoms with Crippen molar-refractivity contribution in [1.29, 1.82) is 0 Å². The van der Waals surface area contributed by atoms with Crippen LogP contribution < -0.4 is 14.8 Å². The predicted octanol–water partition coefficient (Wildman–Crippen LogP) is 5.47. The van der Waals surface area contributed by atoms with Gasteiger partial charge in [0.05, 0.1) is 18.2 Å². The molecule has 0 spiro atoms. The van der Waals surface area contributed by atoms with Gasteiger partial charge in [0.15, 0.2) is 11.5 Å². The number of aryl methyl sites for hydroxylation is 1. The molecule has 8 nitrogen and oxygen atoms in total. The van der Waals surface area contributed by atoms with Crippen molar-refractivity contribution >= 4 is 11.6 Å². The van der Waals surface area contributed by atoms with Gasteiger partial charge < -0.3 is 19.3 Å². The number of ether oxygens (including phenoxy) is 2. The third-order valence-electron chi connectivity index (χ3n) is 6.47. The maximum absolute atomic E-state index is 13.3. The molecule has 0 saturated heterocycles. The molecular weight excluding hydrogens is 456 g/mol. The van der Waals surface area contributed by atoms with Crippen molar-refractivity contribution in [3.8, 4) is 22.9 Å². The second kappa shape index (κ2) is 8.88. The quantitative estimate of drug-likeness (QED) is 0.407. The molecule has 8 heteroatoms. The lowest BCUT2D eigenvalue weighted by atomic mass is 9.94. The molecule has 1 atom stereocenters. The van der Waals surface area contributed by atoms with E-state index in [0.29, 0.717) is 29.8 Å². The summed E-state index contributed by atoms with van der Waals surface area (Å²) in [5.74, 6) is 2.24. The van der Waals surface area contributed by atoms with Crippen LogP contribution in [0.25, 0.3) is 17.0 Å². The van der Waals surface area contributed by atoms with Crippen LogP contribution in [0.4, 0.5) is 4.79 Å². The van der Waals surface area contributed by atoms with Crippen LogP contribution in [0.15, 0.2) is 83.0 Å². The summed E-state index contributed by atoms with van der Waals surface area (Å²) in [4.78, 5) is 19.7. The monoisotopic (exact) mass is 480 g/mol. The standard InChI is InChI=1S/C28H24N4O4/c1-17-8-11-21(12-9-17)26-30-27(36-31-26)24-18(2)32(15-19-10-13-22-23(14-19)35-16-34-22)28(33)29-25(24)20-6-4-3-5-7-20/h3-14,25H,15-16H2,1-2H3,(H,29,33). The molecule has 2 aliphatic heterocycles. The molecule has 0 radical (unpaired) electrons. The minimum atomic E-state index is -0.432. The molecule has 3 heterocycles. The highest BCUT2D eigenvalue weighted by Gasteiger charge is 2.36. The molecule has 2 aliphatic rings. The average Bonchev–Trinajstić information content (AvgIpc) is 3.57. The summed E-state index contributed by atoms with van der Waals surface area (Å²) in [7, 11) is 0. The molecule has 0 bridgehead atoms. The molecule has 6 rings (SSSR count). The van der Waals surface area contributed by atoms with E-state index in [-0.39, 0.29) is 12.8 Å². The molecule has 0 fully saturated rings. The number of carbonyl (C=O) groups excluding carboxylic acids is 1. The van der Waals surface area contributed by atoms with Crippen molar-refractivity contribution in [2.24, 2.45) is 0 Å². The van der Waals surface area contributed by atoms with Crippen molar-refractivity contribution in [3.63, 3.8) is 0 Å². The number of allylic oxidation sites excluding steroid dienone is 1. The Labute approximate surface area is 208 Å². The van der Waals surface area contributed by atoms with Crippen LogP contribution in [-0.2, 0) is 6.54 Å². The summed E-state index contributed by atoms with van der Waals surface area (Å²) < 4.78 is 16.7. The summed E-state index contributed by atoms with van der Waals surface area (Å²) in [5.41, 5.74) is 5.36. The third kappa shape index (κ3) is 3.96. The van der Waals surface area contributed by atoms with E-state index in [1.54, 1.807) is 4.90 Å². The minimum Gasteiger partial charge on any atom is -0.454 e. The summed E-state index contributed by atoms with van der Waals surface area (Å²) in [6.45, 7) is 4.49. The first-order valence-electron chi connectivity index (χ1n) is 11.7. The SMILES string of the molecule is CC1=C(c2nc(-c3ccc(C)cc3)no2)C(c2ccccc2)NC(=O)N1Cc1ccc2c(c1)OCO2. The highest BCUT2D eigenvalue weighted by Crippen LogP contribution is 2.39. The Kier molecular flexibility index (Phi) is 5.41. The molecule has 4 aromatic rings. The Morgan fingerprint density at radius 2 is 1.75 bits per heavy atom. The molecule has 1 N–H and O–H groups in total. The molecule has 36 heavy (non-hydrogen) atoms. The second-order valence-electron chi connectivity index (χ2n) is 8.86. The van der Waals surface area contributed by atoms with E-state index in [1.165, 1.54) is 0 Å². The number of rotatable bonds is 5. The first-order valence-corrected chi connectivity index (χ1v) is 11.7. The fourth-order valence-electron chi connectivity index (χ4n) is 4.52. The van der Waals surface area contributed by atoms with Crippen LogP contribution in [0.2, 0.25) is 0 Å². The lowest BCUT2D eigenvalue weighted by Crippen LogP contribution is -2.45. The fourth-order valence-corrected chi connectivity index (χ4v) is 4.52. The number of hydrogen-bond donors (Lipinski definition) is 1. The smallest absolute Gasteiger partial charge is 0.322 e. The van der Waals surface area contributed by atoms with Crippen LogP contribution in [0, 0.1) is 6.92 Å². The molecule has 180 valence electrons. The van der Waals surface area contributed by atoms with Crippen molar-refractivity contribution in [2.45, 2.75) is 26.4 Å². The number of carbonyl (C=O) groups is 1. The van der Waals surface area contributed by atoms with Gasteiger partial charge in [0, 0.05) is 11.3 Å². The van der Waals surface area contributed by atoms with E-state index in [1.807, 2.05) is 86.6 Å². The van der Waals surface area contributed by atoms with Gasteiger partial charge >= 0.3 is 6.03 Å². The molecule has 0 saturated carbocycles. The normalized spacial score (nSPS) is 16.9. The number of aromatic nitrogens is 2. The van der Waals surface area contributed by atoms with Crippen molar-refractivity contribution in [3.05, 3.63) is 101 Å². The Hall–Kier alpha value is -4.59. The zero-order chi connectivity index (χ0) is 24.6. The molecule has 2 amide bonds. The lowest BCUT2D eigenvalue weighted by molar-refractivity contribution is 0.174. The van der Waals surface area contributed by atoms with E-state index in [2.05, 4.69) is 10.5 Å². The number of urea groups is 1. The third-order valence-corrected chi connectivity index (χ3v) is 6.47. The second-order valence-corrected chi connectivity index (χ2v) is 8.86. The lowest BCUT2D eigenvalue weighted by Gasteiger charge is -2.35. The van der Waals surface area contributed by atoms with Gasteiger partial charge in [-0.15, -0.1) is 0 Å². The first-order chi connectivity index (χ1) is 17.6. The summed E-state index contributed by atoms with van der Waals surface area (Å²) in [5, 5.41) is 7.38. The summed E-state index contributed by atoms with van der Waals surface area (Å²) >= 11 is 0. The Morgan fingerprint density at radius 1 is 0.972 bits per heavy atom. The Bertz CT molecular complexity index is 1460. The molecule has 1 unspecified atom stereocenters. The maximum atomic E-state index is 13.3. The van der Waals surface area contributed by atoms with E-state index in [9.17, 15) is 4.79 Å². The highest BCUT2D eigenvalue weighted by atomic mass is 16.7. The highest BCUT2D eigenvalue weighted by molar-refractivity contribution is 5.87. The van der Waals surface area contributed by atoms with Gasteiger partial charge in [-0.1, -0.05) is 71.4 Å². The number of fused-ring (bicyclic) bond motifs is 1. The van der Waals surface area contributed by atoms with Crippen LogP contribution in [0.1, 0.15) is 35.5 Å². The zero-order valence-electron chi connectivity index (χ0n) is 19.9. The molecule has 1 aromatic heterocycles. The molecule has 3 aromatic carbocycles. The maximum Gasteiger partial charge on any atom is 0.322 e. The van der Waals surface area contributed by atoms with E-state index in [0.717, 1.165) is 33.5 Å². The largest absolute Gasteiger partial charge is 0.454 e. The number of nitrogens with zero attached hydrogens (tertiary/aromatic N) is 3. The molecule has 0 aliphatic carbocycles. The topological polar surface area (TPSA) is 89.7 Å². The Morgan fingerprint density at radius 3 is 2.56 bits per heavy atom. The average molecular weight is 481 g/mol. The van der Waals surface area contributed by atoms with Crippen molar-refractivity contribution in [1.82, 2.24) is 20.4 Å². The van der Waals surface area contributed by atoms with Crippen LogP contribution >= 0.6 is 0 Å². The van der Waals surface area contributed by atoms with E-state index < -0.39 is 6.04 Å². The van der Waals surface area contributed by atoms with Gasteiger partial charge in [0.1, 0.15) is 0 Å². The summed E-state index contributed by atoms with van der Waals surface area (Å²) in [6, 6.07) is 22.8.